The smallest absolute Gasteiger partial charge is 0.338 e. The fourth-order valence-corrected chi connectivity index (χ4v) is 5.34. The summed E-state index contributed by atoms with van der Waals surface area (Å²) >= 11 is 0. The Balaban J connectivity index is 1.70. The van der Waals surface area contributed by atoms with E-state index < -0.39 is 11.5 Å². The van der Waals surface area contributed by atoms with E-state index in [1.807, 2.05) is 80.1 Å². The lowest BCUT2D eigenvalue weighted by Gasteiger charge is -2.32. The third kappa shape index (κ3) is 3.45. The molecule has 8 heteroatoms. The van der Waals surface area contributed by atoms with Crippen LogP contribution in [0.2, 0.25) is 0 Å². The molecule has 0 radical (unpaired) electrons. The minimum absolute atomic E-state index is 0.174. The summed E-state index contributed by atoms with van der Waals surface area (Å²) in [5, 5.41) is 1.54. The number of carbonyl (C=O) groups is 1. The van der Waals surface area contributed by atoms with Crippen LogP contribution >= 0.6 is 0 Å². The van der Waals surface area contributed by atoms with Crippen molar-refractivity contribution in [3.05, 3.63) is 119 Å². The fraction of sp³-hybridized carbons (Fsp3) is 0.133. The van der Waals surface area contributed by atoms with E-state index in [-0.39, 0.29) is 5.56 Å². The lowest BCUT2D eigenvalue weighted by atomic mass is 9.91. The van der Waals surface area contributed by atoms with E-state index in [2.05, 4.69) is 16.5 Å². The number of nitrogens with zero attached hydrogens (tertiary/aromatic N) is 4. The van der Waals surface area contributed by atoms with E-state index in [4.69, 9.17) is 14.7 Å². The second-order valence-corrected chi connectivity index (χ2v) is 9.36. The number of esters is 1. The van der Waals surface area contributed by atoms with Crippen molar-refractivity contribution in [2.24, 2.45) is 7.05 Å². The molecule has 0 saturated carbocycles. The van der Waals surface area contributed by atoms with Gasteiger partial charge in [0.15, 0.2) is 0 Å². The van der Waals surface area contributed by atoms with Crippen molar-refractivity contribution in [3.63, 3.8) is 0 Å². The Morgan fingerprint density at radius 3 is 2.32 bits per heavy atom. The molecule has 6 aromatic rings. The van der Waals surface area contributed by atoms with Gasteiger partial charge in [-0.3, -0.25) is 14.8 Å². The highest BCUT2D eigenvalue weighted by Gasteiger charge is 2.35. The minimum Gasteiger partial charge on any atom is -0.465 e. The van der Waals surface area contributed by atoms with Crippen LogP contribution in [0.25, 0.3) is 32.9 Å². The molecule has 188 valence electrons. The zero-order chi connectivity index (χ0) is 26.4. The van der Waals surface area contributed by atoms with Gasteiger partial charge in [-0.15, -0.1) is 0 Å². The molecule has 8 nitrogen and oxygen atoms in total. The van der Waals surface area contributed by atoms with Gasteiger partial charge in [-0.05, 0) is 61.0 Å². The average molecular weight is 504 g/mol. The van der Waals surface area contributed by atoms with Crippen molar-refractivity contribution in [1.29, 1.82) is 0 Å². The van der Waals surface area contributed by atoms with Gasteiger partial charge in [0.25, 0.3) is 5.56 Å². The van der Waals surface area contributed by atoms with Gasteiger partial charge in [-0.25, -0.2) is 4.79 Å². The summed E-state index contributed by atoms with van der Waals surface area (Å²) in [5.74, 6) is -0.440. The molecule has 38 heavy (non-hydrogen) atoms. The molecule has 6 rings (SSSR count). The molecule has 5 heterocycles. The number of aryl methyl sites for hydroxylation is 1. The first-order chi connectivity index (χ1) is 18.4. The van der Waals surface area contributed by atoms with Crippen LogP contribution in [0.15, 0.2) is 96.4 Å². The Morgan fingerprint density at radius 2 is 1.68 bits per heavy atom. The number of methoxy groups -OCH3 is 1. The number of pyridine rings is 3. The topological polar surface area (TPSA) is 94.8 Å². The zero-order valence-electron chi connectivity index (χ0n) is 21.2. The molecule has 0 amide bonds. The van der Waals surface area contributed by atoms with E-state index >= 15 is 0 Å². The number of nitrogens with one attached hydrogen (secondary N) is 1. The molecule has 0 fully saturated rings. The number of hydrogen-bond donors (Lipinski definition) is 1. The maximum absolute atomic E-state index is 13.0. The summed E-state index contributed by atoms with van der Waals surface area (Å²) in [6.45, 7) is 2.07. The van der Waals surface area contributed by atoms with Crippen LogP contribution < -0.4 is 5.56 Å². The van der Waals surface area contributed by atoms with Gasteiger partial charge in [0.1, 0.15) is 11.1 Å². The number of carbonyl (C=O) groups excluding carboxylic acids is 1. The van der Waals surface area contributed by atoms with E-state index in [1.54, 1.807) is 23.2 Å². The Kier molecular flexibility index (Phi) is 5.45. The molecule has 0 saturated heterocycles. The first-order valence-corrected chi connectivity index (χ1v) is 12.2. The lowest BCUT2D eigenvalue weighted by molar-refractivity contribution is 0.0603. The van der Waals surface area contributed by atoms with Gasteiger partial charge in [0.2, 0.25) is 0 Å². The molecule has 0 aliphatic carbocycles. The van der Waals surface area contributed by atoms with Crippen LogP contribution in [0, 0.1) is 0 Å². The van der Waals surface area contributed by atoms with E-state index in [0.29, 0.717) is 11.1 Å². The minimum atomic E-state index is -0.786. The summed E-state index contributed by atoms with van der Waals surface area (Å²) in [6.07, 6.45) is 9.03. The number of ether oxygens (including phenoxy) is 1. The molecule has 0 unspecified atom stereocenters. The molecular formula is C30H25N5O3. The molecule has 1 aromatic carbocycles. The average Bonchev–Trinajstić information content (AvgIpc) is 3.54. The van der Waals surface area contributed by atoms with Crippen molar-refractivity contribution < 1.29 is 9.53 Å². The molecule has 0 aliphatic heterocycles. The van der Waals surface area contributed by atoms with Crippen LogP contribution in [0.4, 0.5) is 0 Å². The molecule has 0 bridgehead atoms. The van der Waals surface area contributed by atoms with Gasteiger partial charge < -0.3 is 18.9 Å². The molecular weight excluding hydrogens is 478 g/mol. The van der Waals surface area contributed by atoms with E-state index in [1.165, 1.54) is 7.11 Å². The summed E-state index contributed by atoms with van der Waals surface area (Å²) < 4.78 is 9.08. The standard InChI is InChI=1S/C30H25N5O3/c1-30(25-8-4-6-12-31-25,26-9-5-7-13-32-26)35-15-11-20-22(29(37)38-3)16-19(17-24(20)35)23-18-34(2)27-21(23)10-14-33-28(27)36/h4-18H,1-3H3,(H,33,36). The number of H-pyrrole nitrogens is 1. The predicted octanol–water partition coefficient (Wildman–Crippen LogP) is 4.88. The van der Waals surface area contributed by atoms with Crippen molar-refractivity contribution >= 4 is 27.8 Å². The summed E-state index contributed by atoms with van der Waals surface area (Å²) in [4.78, 5) is 37.7. The van der Waals surface area contributed by atoms with Crippen molar-refractivity contribution in [3.8, 4) is 11.1 Å². The number of aromatic nitrogens is 5. The van der Waals surface area contributed by atoms with E-state index in [0.717, 1.165) is 38.8 Å². The summed E-state index contributed by atoms with van der Waals surface area (Å²) in [7, 11) is 3.21. The van der Waals surface area contributed by atoms with E-state index in [9.17, 15) is 9.59 Å². The van der Waals surface area contributed by atoms with Crippen molar-refractivity contribution in [1.82, 2.24) is 24.1 Å². The normalized spacial score (nSPS) is 11.8. The highest BCUT2D eigenvalue weighted by molar-refractivity contribution is 6.07. The lowest BCUT2D eigenvalue weighted by Crippen LogP contribution is -2.34. The highest BCUT2D eigenvalue weighted by Crippen LogP contribution is 2.39. The Bertz CT molecular complexity index is 1830. The zero-order valence-corrected chi connectivity index (χ0v) is 21.2. The maximum atomic E-state index is 13.0. The third-order valence-electron chi connectivity index (χ3n) is 7.23. The highest BCUT2D eigenvalue weighted by atomic mass is 16.5. The SMILES string of the molecule is COC(=O)c1cc(-c2cn(C)c3c(=O)[nH]ccc23)cc2c1ccn2C(C)(c1ccccn1)c1ccccn1. The number of aromatic amines is 1. The van der Waals surface area contributed by atoms with Gasteiger partial charge in [0.05, 0.1) is 29.6 Å². The van der Waals surface area contributed by atoms with Crippen LogP contribution in [0.1, 0.15) is 28.7 Å². The second kappa shape index (κ2) is 8.85. The van der Waals surface area contributed by atoms with Crippen LogP contribution in [0.3, 0.4) is 0 Å². The predicted molar refractivity (Wildman–Crippen MR) is 146 cm³/mol. The fourth-order valence-electron chi connectivity index (χ4n) is 5.34. The summed E-state index contributed by atoms with van der Waals surface area (Å²) in [5.41, 5.74) is 4.08. The monoisotopic (exact) mass is 503 g/mol. The van der Waals surface area contributed by atoms with Crippen LogP contribution in [-0.4, -0.2) is 37.2 Å². The molecule has 0 atom stereocenters. The first kappa shape index (κ1) is 23.4. The summed E-state index contributed by atoms with van der Waals surface area (Å²) in [6, 6.07) is 19.3. The molecule has 1 N–H and O–H groups in total. The number of rotatable bonds is 5. The Morgan fingerprint density at radius 1 is 0.974 bits per heavy atom. The van der Waals surface area contributed by atoms with Gasteiger partial charge in [-0.1, -0.05) is 12.1 Å². The van der Waals surface area contributed by atoms with Crippen LogP contribution in [-0.2, 0) is 17.3 Å². The number of benzene rings is 1. The quantitative estimate of drug-likeness (QED) is 0.339. The van der Waals surface area contributed by atoms with Gasteiger partial charge in [0, 0.05) is 54.4 Å². The van der Waals surface area contributed by atoms with Crippen molar-refractivity contribution in [2.75, 3.05) is 7.11 Å². The molecule has 0 aliphatic rings. The van der Waals surface area contributed by atoms with Gasteiger partial charge in [-0.2, -0.15) is 0 Å². The second-order valence-electron chi connectivity index (χ2n) is 9.36. The molecule has 5 aromatic heterocycles. The first-order valence-electron chi connectivity index (χ1n) is 12.2. The Labute approximate surface area is 218 Å². The van der Waals surface area contributed by atoms with Crippen LogP contribution in [0.5, 0.6) is 0 Å². The molecule has 0 spiro atoms. The number of hydrogen-bond acceptors (Lipinski definition) is 5. The third-order valence-corrected chi connectivity index (χ3v) is 7.23. The number of fused-ring (bicyclic) bond motifs is 2. The largest absolute Gasteiger partial charge is 0.465 e. The van der Waals surface area contributed by atoms with Crippen molar-refractivity contribution in [2.45, 2.75) is 12.5 Å². The maximum Gasteiger partial charge on any atom is 0.338 e. The van der Waals surface area contributed by atoms with Gasteiger partial charge >= 0.3 is 5.97 Å². The Hall–Kier alpha value is -4.98.